The van der Waals surface area contributed by atoms with Gasteiger partial charge in [0, 0.05) is 18.8 Å². The summed E-state index contributed by atoms with van der Waals surface area (Å²) in [5, 5.41) is 4.28. The van der Waals surface area contributed by atoms with Crippen molar-refractivity contribution in [3.63, 3.8) is 0 Å². The number of fused-ring (bicyclic) bond motifs is 3. The quantitative estimate of drug-likeness (QED) is 0.660. The van der Waals surface area contributed by atoms with Crippen molar-refractivity contribution in [3.05, 3.63) is 53.3 Å². The van der Waals surface area contributed by atoms with Crippen LogP contribution in [0, 0.1) is 11.8 Å². The molecule has 0 bridgehead atoms. The normalized spacial score (nSPS) is 28.6. The van der Waals surface area contributed by atoms with Crippen molar-refractivity contribution < 1.29 is 0 Å². The highest BCUT2D eigenvalue weighted by Gasteiger charge is 2.56. The van der Waals surface area contributed by atoms with Crippen molar-refractivity contribution in [2.45, 2.75) is 24.8 Å². The third-order valence-electron chi connectivity index (χ3n) is 5.04. The second kappa shape index (κ2) is 4.43. The first-order valence-corrected chi connectivity index (χ1v) is 7.32. The Labute approximate surface area is 118 Å². The highest BCUT2D eigenvalue weighted by molar-refractivity contribution is 5.41. The Morgan fingerprint density at radius 3 is 3.00 bits per heavy atom. The van der Waals surface area contributed by atoms with E-state index in [0.29, 0.717) is 11.8 Å². The number of benzene rings is 1. The van der Waals surface area contributed by atoms with Crippen LogP contribution in [0.2, 0.25) is 0 Å². The van der Waals surface area contributed by atoms with E-state index in [0.717, 1.165) is 5.92 Å². The molecule has 3 N–H and O–H groups in total. The van der Waals surface area contributed by atoms with Gasteiger partial charge in [0.2, 0.25) is 0 Å². The zero-order chi connectivity index (χ0) is 13.7. The van der Waals surface area contributed by atoms with E-state index < -0.39 is 0 Å². The van der Waals surface area contributed by atoms with Crippen LogP contribution in [0.15, 0.2) is 36.7 Å². The topological polar surface area (TPSA) is 55.9 Å². The molecule has 2 aromatic rings. The number of hydrogen-bond acceptors (Lipinski definition) is 3. The summed E-state index contributed by atoms with van der Waals surface area (Å²) in [5.41, 5.74) is 7.29. The minimum Gasteiger partial charge on any atom is -0.275 e. The fraction of sp³-hybridized carbons (Fsp3) is 0.438. The Hall–Kier alpha value is -1.65. The van der Waals surface area contributed by atoms with Gasteiger partial charge in [0.25, 0.3) is 0 Å². The molecular weight excluding hydrogens is 248 g/mol. The number of nitrogens with zero attached hydrogens (tertiary/aromatic N) is 2. The van der Waals surface area contributed by atoms with E-state index >= 15 is 0 Å². The number of nitrogens with one attached hydrogen (secondary N) is 1. The maximum atomic E-state index is 5.84. The zero-order valence-electron chi connectivity index (χ0n) is 11.7. The summed E-state index contributed by atoms with van der Waals surface area (Å²) in [4.78, 5) is 0. The lowest BCUT2D eigenvalue weighted by Crippen LogP contribution is -2.30. The first kappa shape index (κ1) is 12.1. The molecule has 4 rings (SSSR count). The maximum Gasteiger partial charge on any atom is 0.0538 e. The summed E-state index contributed by atoms with van der Waals surface area (Å²) in [6.07, 6.45) is 6.49. The third kappa shape index (κ3) is 1.72. The molecule has 1 heterocycles. The highest BCUT2D eigenvalue weighted by Crippen LogP contribution is 2.63. The minimum atomic E-state index is 0.213. The van der Waals surface area contributed by atoms with E-state index in [1.54, 1.807) is 0 Å². The number of aryl methyl sites for hydroxylation is 2. The standard InChI is InChI=1S/C16H20N4/c1-20-9-11(8-18-20)16(19-17)15-13-7-6-10-4-2-3-5-12(10)14(13)15/h2-5,8-9,13-16,19H,6-7,17H2,1H3. The molecule has 4 heteroatoms. The average Bonchev–Trinajstić information content (AvgIpc) is 3.05. The smallest absolute Gasteiger partial charge is 0.0538 e. The Balaban J connectivity index is 1.65. The van der Waals surface area contributed by atoms with Crippen LogP contribution in [0.3, 0.4) is 0 Å². The summed E-state index contributed by atoms with van der Waals surface area (Å²) in [7, 11) is 1.95. The van der Waals surface area contributed by atoms with Gasteiger partial charge in [-0.15, -0.1) is 0 Å². The zero-order valence-corrected chi connectivity index (χ0v) is 11.7. The van der Waals surface area contributed by atoms with Gasteiger partial charge in [-0.1, -0.05) is 24.3 Å². The Kier molecular flexibility index (Phi) is 2.69. The number of hydrogen-bond donors (Lipinski definition) is 2. The minimum absolute atomic E-state index is 0.213. The van der Waals surface area contributed by atoms with Crippen molar-refractivity contribution in [2.75, 3.05) is 0 Å². The van der Waals surface area contributed by atoms with Gasteiger partial charge in [-0.25, -0.2) is 0 Å². The van der Waals surface area contributed by atoms with Crippen LogP contribution < -0.4 is 11.3 Å². The van der Waals surface area contributed by atoms with Crippen molar-refractivity contribution in [1.82, 2.24) is 15.2 Å². The van der Waals surface area contributed by atoms with Gasteiger partial charge < -0.3 is 0 Å². The predicted octanol–water partition coefficient (Wildman–Crippen LogP) is 1.90. The van der Waals surface area contributed by atoms with Crippen molar-refractivity contribution in [2.24, 2.45) is 24.7 Å². The Bertz CT molecular complexity index is 633. The maximum absolute atomic E-state index is 5.84. The van der Waals surface area contributed by atoms with Gasteiger partial charge in [0.05, 0.1) is 12.2 Å². The van der Waals surface area contributed by atoms with Gasteiger partial charge in [0.15, 0.2) is 0 Å². The molecule has 1 saturated carbocycles. The molecule has 0 radical (unpaired) electrons. The lowest BCUT2D eigenvalue weighted by molar-refractivity contribution is 0.460. The molecular formula is C16H20N4. The molecule has 2 aliphatic carbocycles. The van der Waals surface area contributed by atoms with E-state index in [-0.39, 0.29) is 6.04 Å². The second-order valence-electron chi connectivity index (χ2n) is 6.10. The van der Waals surface area contributed by atoms with Crippen LogP contribution in [-0.2, 0) is 13.5 Å². The predicted molar refractivity (Wildman–Crippen MR) is 77.8 cm³/mol. The molecule has 0 spiro atoms. The van der Waals surface area contributed by atoms with Crippen molar-refractivity contribution in [1.29, 1.82) is 0 Å². The van der Waals surface area contributed by atoms with E-state index in [4.69, 9.17) is 5.84 Å². The fourth-order valence-electron chi connectivity index (χ4n) is 4.10. The molecule has 20 heavy (non-hydrogen) atoms. The number of aromatic nitrogens is 2. The first-order valence-electron chi connectivity index (χ1n) is 7.32. The summed E-state index contributed by atoms with van der Waals surface area (Å²) in [6.45, 7) is 0. The lowest BCUT2D eigenvalue weighted by Gasteiger charge is -2.14. The molecule has 0 aliphatic heterocycles. The van der Waals surface area contributed by atoms with Gasteiger partial charge in [0.1, 0.15) is 0 Å². The molecule has 1 aromatic carbocycles. The van der Waals surface area contributed by atoms with E-state index in [9.17, 15) is 0 Å². The van der Waals surface area contributed by atoms with Gasteiger partial charge in [-0.05, 0) is 41.7 Å². The summed E-state index contributed by atoms with van der Waals surface area (Å²) in [5.74, 6) is 7.88. The Morgan fingerprint density at radius 1 is 1.40 bits per heavy atom. The highest BCUT2D eigenvalue weighted by atomic mass is 15.3. The van der Waals surface area contributed by atoms with E-state index in [1.807, 2.05) is 17.9 Å². The molecule has 1 aromatic heterocycles. The van der Waals surface area contributed by atoms with Crippen molar-refractivity contribution >= 4 is 0 Å². The van der Waals surface area contributed by atoms with Crippen LogP contribution in [-0.4, -0.2) is 9.78 Å². The molecule has 104 valence electrons. The number of rotatable bonds is 3. The fourth-order valence-corrected chi connectivity index (χ4v) is 4.10. The monoisotopic (exact) mass is 268 g/mol. The summed E-state index contributed by atoms with van der Waals surface area (Å²) >= 11 is 0. The number of hydrazine groups is 1. The molecule has 4 unspecified atom stereocenters. The van der Waals surface area contributed by atoms with Crippen LogP contribution in [0.1, 0.15) is 35.1 Å². The molecule has 0 saturated heterocycles. The lowest BCUT2D eigenvalue weighted by atomic mass is 9.92. The SMILES string of the molecule is Cn1cc(C(NN)C2C3CCc4ccccc4C32)cn1. The van der Waals surface area contributed by atoms with Crippen LogP contribution in [0.25, 0.3) is 0 Å². The molecule has 4 nitrogen and oxygen atoms in total. The van der Waals surface area contributed by atoms with Gasteiger partial charge in [-0.3, -0.25) is 16.0 Å². The summed E-state index contributed by atoms with van der Waals surface area (Å²) in [6, 6.07) is 9.09. The molecule has 4 atom stereocenters. The number of nitrogens with two attached hydrogens (primary N) is 1. The summed E-state index contributed by atoms with van der Waals surface area (Å²) < 4.78 is 1.85. The van der Waals surface area contributed by atoms with Gasteiger partial charge >= 0.3 is 0 Å². The Morgan fingerprint density at radius 2 is 2.25 bits per heavy atom. The first-order chi connectivity index (χ1) is 9.79. The van der Waals surface area contributed by atoms with E-state index in [2.05, 4.69) is 41.0 Å². The largest absolute Gasteiger partial charge is 0.275 e. The molecule has 0 amide bonds. The average molecular weight is 268 g/mol. The van der Waals surface area contributed by atoms with Gasteiger partial charge in [-0.2, -0.15) is 5.10 Å². The third-order valence-corrected chi connectivity index (χ3v) is 5.04. The molecule has 2 aliphatic rings. The van der Waals surface area contributed by atoms with Crippen LogP contribution >= 0.6 is 0 Å². The van der Waals surface area contributed by atoms with Crippen LogP contribution in [0.5, 0.6) is 0 Å². The van der Waals surface area contributed by atoms with Crippen LogP contribution in [0.4, 0.5) is 0 Å². The van der Waals surface area contributed by atoms with Crippen molar-refractivity contribution in [3.8, 4) is 0 Å². The van der Waals surface area contributed by atoms with E-state index in [1.165, 1.54) is 29.5 Å². The molecule has 1 fully saturated rings. The second-order valence-corrected chi connectivity index (χ2v) is 6.10.